The van der Waals surface area contributed by atoms with Gasteiger partial charge in [-0.15, -0.1) is 0 Å². The van der Waals surface area contributed by atoms with Crippen molar-refractivity contribution in [3.05, 3.63) is 22.7 Å². The molecule has 114 valence electrons. The number of hydrogen-bond acceptors (Lipinski definition) is 3. The maximum atomic E-state index is 12.8. The highest BCUT2D eigenvalue weighted by Crippen LogP contribution is 2.33. The standard InChI is InChI=1S/C15H19BrN2O3/c1-5-15(3)14(20)18(9(2)13(19)17-15)10-6-7-12(21-4)11(16)8-10/h6-9H,5H2,1-4H3,(H,17,19). The first-order chi connectivity index (χ1) is 9.84. The number of hydrogen-bond donors (Lipinski definition) is 1. The van der Waals surface area contributed by atoms with E-state index in [1.54, 1.807) is 44.1 Å². The van der Waals surface area contributed by atoms with Crippen LogP contribution in [0.4, 0.5) is 5.69 Å². The van der Waals surface area contributed by atoms with Gasteiger partial charge < -0.3 is 10.1 Å². The van der Waals surface area contributed by atoms with Crippen LogP contribution in [0.1, 0.15) is 27.2 Å². The molecule has 0 aliphatic carbocycles. The molecule has 0 bridgehead atoms. The van der Waals surface area contributed by atoms with Crippen molar-refractivity contribution < 1.29 is 14.3 Å². The van der Waals surface area contributed by atoms with Gasteiger partial charge in [0, 0.05) is 5.69 Å². The second kappa shape index (κ2) is 5.67. The number of nitrogens with one attached hydrogen (secondary N) is 1. The summed E-state index contributed by atoms with van der Waals surface area (Å²) in [4.78, 5) is 26.5. The lowest BCUT2D eigenvalue weighted by Gasteiger charge is -2.43. The van der Waals surface area contributed by atoms with E-state index >= 15 is 0 Å². The van der Waals surface area contributed by atoms with Gasteiger partial charge in [-0.1, -0.05) is 6.92 Å². The van der Waals surface area contributed by atoms with Crippen LogP contribution < -0.4 is 15.0 Å². The largest absolute Gasteiger partial charge is 0.496 e. The zero-order valence-electron chi connectivity index (χ0n) is 12.6. The van der Waals surface area contributed by atoms with Crippen LogP contribution in [0.15, 0.2) is 22.7 Å². The van der Waals surface area contributed by atoms with Gasteiger partial charge in [0.2, 0.25) is 5.91 Å². The number of piperazine rings is 1. The summed E-state index contributed by atoms with van der Waals surface area (Å²) >= 11 is 3.41. The Morgan fingerprint density at radius 1 is 1.43 bits per heavy atom. The SMILES string of the molecule is CCC1(C)NC(=O)C(C)N(c2ccc(OC)c(Br)c2)C1=O. The van der Waals surface area contributed by atoms with Crippen LogP contribution >= 0.6 is 15.9 Å². The van der Waals surface area contributed by atoms with Crippen LogP contribution in [-0.4, -0.2) is 30.5 Å². The third-order valence-electron chi connectivity index (χ3n) is 3.98. The summed E-state index contributed by atoms with van der Waals surface area (Å²) in [6.07, 6.45) is 0.540. The summed E-state index contributed by atoms with van der Waals surface area (Å²) in [5, 5.41) is 2.81. The van der Waals surface area contributed by atoms with Crippen molar-refractivity contribution in [3.8, 4) is 5.75 Å². The first-order valence-corrected chi connectivity index (χ1v) is 7.62. The van der Waals surface area contributed by atoms with Gasteiger partial charge in [0.15, 0.2) is 0 Å². The van der Waals surface area contributed by atoms with Crippen molar-refractivity contribution in [3.63, 3.8) is 0 Å². The number of carbonyl (C=O) groups is 2. The normalized spacial score (nSPS) is 25.8. The van der Waals surface area contributed by atoms with E-state index in [0.717, 1.165) is 4.47 Å². The Hall–Kier alpha value is -1.56. The molecule has 1 fully saturated rings. The molecule has 0 aromatic heterocycles. The number of halogens is 1. The highest BCUT2D eigenvalue weighted by Gasteiger charge is 2.46. The monoisotopic (exact) mass is 354 g/mol. The molecule has 6 heteroatoms. The van der Waals surface area contributed by atoms with Crippen LogP contribution in [0, 0.1) is 0 Å². The molecule has 2 atom stereocenters. The van der Waals surface area contributed by atoms with Crippen LogP contribution in [-0.2, 0) is 9.59 Å². The quantitative estimate of drug-likeness (QED) is 0.906. The second-order valence-electron chi connectivity index (χ2n) is 5.34. The molecule has 1 aromatic rings. The third kappa shape index (κ3) is 2.64. The topological polar surface area (TPSA) is 58.6 Å². The average molecular weight is 355 g/mol. The van der Waals surface area contributed by atoms with E-state index < -0.39 is 11.6 Å². The number of carbonyl (C=O) groups excluding carboxylic acids is 2. The number of ether oxygens (including phenoxy) is 1. The van der Waals surface area contributed by atoms with Crippen molar-refractivity contribution in [2.24, 2.45) is 0 Å². The predicted molar refractivity (Wildman–Crippen MR) is 84.5 cm³/mol. The van der Waals surface area contributed by atoms with Gasteiger partial charge >= 0.3 is 0 Å². The summed E-state index contributed by atoms with van der Waals surface area (Å²) in [6.45, 7) is 5.36. The maximum absolute atomic E-state index is 12.8. The molecule has 0 saturated carbocycles. The zero-order chi connectivity index (χ0) is 15.8. The van der Waals surface area contributed by atoms with Crippen LogP contribution in [0.25, 0.3) is 0 Å². The number of methoxy groups -OCH3 is 1. The highest BCUT2D eigenvalue weighted by molar-refractivity contribution is 9.10. The summed E-state index contributed by atoms with van der Waals surface area (Å²) < 4.78 is 5.94. The molecule has 5 nitrogen and oxygen atoms in total. The lowest BCUT2D eigenvalue weighted by atomic mass is 9.92. The summed E-state index contributed by atoms with van der Waals surface area (Å²) in [5.41, 5.74) is -0.189. The number of benzene rings is 1. The molecule has 1 saturated heterocycles. The highest BCUT2D eigenvalue weighted by atomic mass is 79.9. The molecule has 1 aliphatic heterocycles. The van der Waals surface area contributed by atoms with E-state index in [1.165, 1.54) is 0 Å². The molecule has 21 heavy (non-hydrogen) atoms. The maximum Gasteiger partial charge on any atom is 0.253 e. The van der Waals surface area contributed by atoms with Crippen molar-refractivity contribution in [2.75, 3.05) is 12.0 Å². The molecular formula is C15H19BrN2O3. The minimum Gasteiger partial charge on any atom is -0.496 e. The van der Waals surface area contributed by atoms with E-state index in [9.17, 15) is 9.59 Å². The first-order valence-electron chi connectivity index (χ1n) is 6.83. The van der Waals surface area contributed by atoms with Crippen molar-refractivity contribution >= 4 is 33.4 Å². The van der Waals surface area contributed by atoms with Gasteiger partial charge in [-0.05, 0) is 54.4 Å². The van der Waals surface area contributed by atoms with E-state index in [1.807, 2.05) is 6.92 Å². The number of anilines is 1. The van der Waals surface area contributed by atoms with Gasteiger partial charge in [-0.2, -0.15) is 0 Å². The zero-order valence-corrected chi connectivity index (χ0v) is 14.2. The molecule has 1 aliphatic rings. The Kier molecular flexibility index (Phi) is 4.27. The molecule has 0 radical (unpaired) electrons. The fourth-order valence-electron chi connectivity index (χ4n) is 2.37. The van der Waals surface area contributed by atoms with Gasteiger partial charge in [0.25, 0.3) is 5.91 Å². The van der Waals surface area contributed by atoms with Crippen molar-refractivity contribution in [2.45, 2.75) is 38.8 Å². The Labute approximate surface area is 132 Å². The van der Waals surface area contributed by atoms with Crippen molar-refractivity contribution in [1.29, 1.82) is 0 Å². The van der Waals surface area contributed by atoms with E-state index in [-0.39, 0.29) is 11.8 Å². The number of rotatable bonds is 3. The van der Waals surface area contributed by atoms with Crippen LogP contribution in [0.2, 0.25) is 0 Å². The van der Waals surface area contributed by atoms with E-state index in [4.69, 9.17) is 4.74 Å². The van der Waals surface area contributed by atoms with Crippen molar-refractivity contribution in [1.82, 2.24) is 5.32 Å². The molecule has 0 spiro atoms. The van der Waals surface area contributed by atoms with Crippen LogP contribution in [0.3, 0.4) is 0 Å². The Bertz CT molecular complexity index is 590. The summed E-state index contributed by atoms with van der Waals surface area (Å²) in [7, 11) is 1.58. The number of amides is 2. The average Bonchev–Trinajstić information content (AvgIpc) is 2.46. The Morgan fingerprint density at radius 3 is 2.62 bits per heavy atom. The molecule has 1 aromatic carbocycles. The van der Waals surface area contributed by atoms with E-state index in [2.05, 4.69) is 21.2 Å². The fraction of sp³-hybridized carbons (Fsp3) is 0.467. The lowest BCUT2D eigenvalue weighted by molar-refractivity contribution is -0.137. The van der Waals surface area contributed by atoms with Crippen LogP contribution in [0.5, 0.6) is 5.75 Å². The first kappa shape index (κ1) is 15.8. The van der Waals surface area contributed by atoms with E-state index in [0.29, 0.717) is 17.9 Å². The third-order valence-corrected chi connectivity index (χ3v) is 4.60. The van der Waals surface area contributed by atoms with Gasteiger partial charge in [-0.25, -0.2) is 0 Å². The lowest BCUT2D eigenvalue weighted by Crippen LogP contribution is -2.68. The molecule has 2 unspecified atom stereocenters. The van der Waals surface area contributed by atoms with Gasteiger partial charge in [0.05, 0.1) is 11.6 Å². The smallest absolute Gasteiger partial charge is 0.253 e. The molecule has 1 N–H and O–H groups in total. The summed E-state index contributed by atoms with van der Waals surface area (Å²) in [5.74, 6) is 0.429. The number of nitrogens with zero attached hydrogens (tertiary/aromatic N) is 1. The van der Waals surface area contributed by atoms with Gasteiger partial charge in [0.1, 0.15) is 17.3 Å². The molecule has 1 heterocycles. The molecular weight excluding hydrogens is 336 g/mol. The second-order valence-corrected chi connectivity index (χ2v) is 6.20. The molecule has 2 amide bonds. The Morgan fingerprint density at radius 2 is 2.10 bits per heavy atom. The summed E-state index contributed by atoms with van der Waals surface area (Å²) in [6, 6.07) is 4.81. The van der Waals surface area contributed by atoms with Gasteiger partial charge in [-0.3, -0.25) is 14.5 Å². The Balaban J connectivity index is 2.46. The molecule has 2 rings (SSSR count). The predicted octanol–water partition coefficient (Wildman–Crippen LogP) is 2.48. The minimum absolute atomic E-state index is 0.103. The fourth-order valence-corrected chi connectivity index (χ4v) is 2.90. The minimum atomic E-state index is -0.865.